The van der Waals surface area contributed by atoms with Crippen LogP contribution in [0.25, 0.3) is 0 Å². The molecule has 168 valence electrons. The predicted octanol–water partition coefficient (Wildman–Crippen LogP) is 4.73. The normalized spacial score (nSPS) is 11.6. The maximum atomic E-state index is 12.8. The monoisotopic (exact) mass is 476 g/mol. The van der Waals surface area contributed by atoms with E-state index >= 15 is 0 Å². The van der Waals surface area contributed by atoms with Crippen LogP contribution < -0.4 is 9.46 Å². The van der Waals surface area contributed by atoms with Crippen LogP contribution in [0.15, 0.2) is 60.0 Å². The fraction of sp³-hybridized carbons (Fsp3) is 0.250. The lowest BCUT2D eigenvalue weighted by molar-refractivity contribution is -0.139. The van der Waals surface area contributed by atoms with Crippen molar-refractivity contribution in [3.63, 3.8) is 0 Å². The summed E-state index contributed by atoms with van der Waals surface area (Å²) in [5, 5.41) is -0.179. The van der Waals surface area contributed by atoms with Gasteiger partial charge in [0, 0.05) is 12.2 Å². The van der Waals surface area contributed by atoms with Gasteiger partial charge in [0.15, 0.2) is 0 Å². The van der Waals surface area contributed by atoms with Gasteiger partial charge in [-0.25, -0.2) is 8.42 Å². The van der Waals surface area contributed by atoms with Crippen LogP contribution in [-0.4, -0.2) is 45.1 Å². The van der Waals surface area contributed by atoms with E-state index in [1.807, 2.05) is 0 Å². The second kappa shape index (κ2) is 10.1. The number of alkyl halides is 3. The molecule has 0 radical (unpaired) electrons. The van der Waals surface area contributed by atoms with Crippen molar-refractivity contribution in [2.45, 2.75) is 18.0 Å². The topological polar surface area (TPSA) is 75.7 Å². The van der Waals surface area contributed by atoms with Gasteiger partial charge in [-0.3, -0.25) is 9.52 Å². The Morgan fingerprint density at radius 1 is 1.23 bits per heavy atom. The first-order chi connectivity index (χ1) is 14.5. The zero-order valence-corrected chi connectivity index (χ0v) is 18.0. The van der Waals surface area contributed by atoms with Crippen LogP contribution in [-0.2, 0) is 10.0 Å². The molecule has 0 saturated carbocycles. The van der Waals surface area contributed by atoms with Crippen LogP contribution in [0.3, 0.4) is 0 Å². The number of nitrogens with zero attached hydrogens (tertiary/aromatic N) is 1. The van der Waals surface area contributed by atoms with Crippen molar-refractivity contribution in [2.75, 3.05) is 24.4 Å². The zero-order chi connectivity index (χ0) is 23.2. The average Bonchev–Trinajstić information content (AvgIpc) is 2.68. The predicted molar refractivity (Wildman–Crippen MR) is 112 cm³/mol. The summed E-state index contributed by atoms with van der Waals surface area (Å²) in [5.74, 6) is -0.517. The maximum absolute atomic E-state index is 12.8. The first kappa shape index (κ1) is 24.5. The molecule has 0 spiro atoms. The molecule has 0 aliphatic rings. The van der Waals surface area contributed by atoms with E-state index in [9.17, 15) is 26.4 Å². The number of anilines is 1. The Morgan fingerprint density at radius 2 is 1.87 bits per heavy atom. The Hall–Kier alpha value is -2.72. The standard InChI is InChI=1S/C20H20ClF3N2O4S/c1-3-11-26(13-20(22,23)24)19(27)17-12-16(9-10-18(17)21)31(28,29)25-14-5-7-15(8-6-14)30-4-2/h3,5-10,12,25H,1,4,11,13H2,2H3. The Labute approximate surface area is 183 Å². The Bertz CT molecular complexity index is 1040. The number of sulfonamides is 1. The summed E-state index contributed by atoms with van der Waals surface area (Å²) in [7, 11) is -4.15. The minimum atomic E-state index is -4.65. The number of rotatable bonds is 9. The summed E-state index contributed by atoms with van der Waals surface area (Å²) in [4.78, 5) is 12.8. The smallest absolute Gasteiger partial charge is 0.406 e. The van der Waals surface area contributed by atoms with Crippen molar-refractivity contribution < 1.29 is 31.1 Å². The van der Waals surface area contributed by atoms with Gasteiger partial charge in [-0.1, -0.05) is 17.7 Å². The van der Waals surface area contributed by atoms with Gasteiger partial charge in [0.05, 0.1) is 22.1 Å². The molecule has 0 saturated heterocycles. The quantitative estimate of drug-likeness (QED) is 0.531. The molecule has 1 N–H and O–H groups in total. The second-order valence-electron chi connectivity index (χ2n) is 6.29. The van der Waals surface area contributed by atoms with Crippen LogP contribution in [0, 0.1) is 0 Å². The number of halogens is 4. The number of carbonyl (C=O) groups excluding carboxylic acids is 1. The molecule has 11 heteroatoms. The van der Waals surface area contributed by atoms with Crippen molar-refractivity contribution in [1.82, 2.24) is 4.90 Å². The third-order valence-corrected chi connectivity index (χ3v) is 5.61. The molecular weight excluding hydrogens is 457 g/mol. The van der Waals surface area contributed by atoms with Gasteiger partial charge >= 0.3 is 6.18 Å². The highest BCUT2D eigenvalue weighted by Gasteiger charge is 2.33. The third-order valence-electron chi connectivity index (χ3n) is 3.90. The van der Waals surface area contributed by atoms with Crippen molar-refractivity contribution >= 4 is 33.2 Å². The van der Waals surface area contributed by atoms with Crippen molar-refractivity contribution in [2.24, 2.45) is 0 Å². The lowest BCUT2D eigenvalue weighted by Crippen LogP contribution is -2.39. The van der Waals surface area contributed by atoms with E-state index in [0.717, 1.165) is 24.3 Å². The van der Waals surface area contributed by atoms with Crippen molar-refractivity contribution in [3.05, 3.63) is 65.7 Å². The number of carbonyl (C=O) groups is 1. The minimum Gasteiger partial charge on any atom is -0.494 e. The van der Waals surface area contributed by atoms with Gasteiger partial charge in [-0.15, -0.1) is 6.58 Å². The maximum Gasteiger partial charge on any atom is 0.406 e. The highest BCUT2D eigenvalue weighted by atomic mass is 35.5. The van der Waals surface area contributed by atoms with E-state index in [-0.39, 0.29) is 21.2 Å². The molecule has 0 bridgehead atoms. The lowest BCUT2D eigenvalue weighted by Gasteiger charge is -2.23. The summed E-state index contributed by atoms with van der Waals surface area (Å²) in [6, 6.07) is 9.34. The van der Waals surface area contributed by atoms with Gasteiger partial charge in [0.2, 0.25) is 0 Å². The largest absolute Gasteiger partial charge is 0.494 e. The Kier molecular flexibility index (Phi) is 7.96. The van der Waals surface area contributed by atoms with Crippen LogP contribution in [0.5, 0.6) is 5.75 Å². The molecule has 0 fully saturated rings. The molecule has 2 rings (SSSR count). The molecule has 2 aromatic carbocycles. The highest BCUT2D eigenvalue weighted by molar-refractivity contribution is 7.92. The van der Waals surface area contributed by atoms with Gasteiger partial charge in [0.25, 0.3) is 15.9 Å². The van der Waals surface area contributed by atoms with E-state index in [1.165, 1.54) is 12.1 Å². The summed E-state index contributed by atoms with van der Waals surface area (Å²) in [6.45, 7) is 3.67. The van der Waals surface area contributed by atoms with Crippen LogP contribution in [0.2, 0.25) is 5.02 Å². The van der Waals surface area contributed by atoms with Crippen LogP contribution >= 0.6 is 11.6 Å². The number of amides is 1. The molecule has 0 atom stereocenters. The summed E-state index contributed by atoms with van der Waals surface area (Å²) < 4.78 is 71.5. The zero-order valence-electron chi connectivity index (χ0n) is 16.4. The number of hydrogen-bond acceptors (Lipinski definition) is 4. The second-order valence-corrected chi connectivity index (χ2v) is 8.38. The molecule has 0 heterocycles. The highest BCUT2D eigenvalue weighted by Crippen LogP contribution is 2.26. The van der Waals surface area contributed by atoms with E-state index in [4.69, 9.17) is 16.3 Å². The molecule has 0 unspecified atom stereocenters. The molecular formula is C20H20ClF3N2O4S. The molecule has 31 heavy (non-hydrogen) atoms. The first-order valence-electron chi connectivity index (χ1n) is 8.99. The number of benzene rings is 2. The SMILES string of the molecule is C=CCN(CC(F)(F)F)C(=O)c1cc(S(=O)(=O)Nc2ccc(OCC)cc2)ccc1Cl. The molecule has 0 aliphatic heterocycles. The van der Waals surface area contributed by atoms with E-state index in [0.29, 0.717) is 17.3 Å². The molecule has 2 aromatic rings. The molecule has 0 aromatic heterocycles. The van der Waals surface area contributed by atoms with Crippen LogP contribution in [0.1, 0.15) is 17.3 Å². The van der Waals surface area contributed by atoms with Crippen LogP contribution in [0.4, 0.5) is 18.9 Å². The fourth-order valence-corrected chi connectivity index (χ4v) is 3.88. The van der Waals surface area contributed by atoms with Crippen molar-refractivity contribution in [3.8, 4) is 5.75 Å². The number of hydrogen-bond donors (Lipinski definition) is 1. The van der Waals surface area contributed by atoms with E-state index < -0.39 is 35.2 Å². The average molecular weight is 477 g/mol. The summed E-state index contributed by atoms with van der Waals surface area (Å²) in [5.41, 5.74) is -0.140. The number of ether oxygens (including phenoxy) is 1. The Balaban J connectivity index is 2.33. The lowest BCUT2D eigenvalue weighted by atomic mass is 10.2. The summed E-state index contributed by atoms with van der Waals surface area (Å²) >= 11 is 5.98. The third kappa shape index (κ3) is 6.90. The number of nitrogens with one attached hydrogen (secondary N) is 1. The Morgan fingerprint density at radius 3 is 2.42 bits per heavy atom. The van der Waals surface area contributed by atoms with Gasteiger partial charge in [-0.05, 0) is 49.4 Å². The fourth-order valence-electron chi connectivity index (χ4n) is 2.60. The van der Waals surface area contributed by atoms with E-state index in [1.54, 1.807) is 19.1 Å². The summed E-state index contributed by atoms with van der Waals surface area (Å²) in [6.07, 6.45) is -3.52. The van der Waals surface area contributed by atoms with Gasteiger partial charge < -0.3 is 9.64 Å². The molecule has 0 aliphatic carbocycles. The first-order valence-corrected chi connectivity index (χ1v) is 10.8. The minimum absolute atomic E-state index is 0.179. The van der Waals surface area contributed by atoms with Gasteiger partial charge in [-0.2, -0.15) is 13.2 Å². The molecule has 1 amide bonds. The van der Waals surface area contributed by atoms with E-state index in [2.05, 4.69) is 11.3 Å². The molecule has 6 nitrogen and oxygen atoms in total. The van der Waals surface area contributed by atoms with Crippen molar-refractivity contribution in [1.29, 1.82) is 0 Å². The van der Waals surface area contributed by atoms with Gasteiger partial charge in [0.1, 0.15) is 12.3 Å².